The quantitative estimate of drug-likeness (QED) is 0.440. The topological polar surface area (TPSA) is 96.4 Å². The van der Waals surface area contributed by atoms with E-state index in [4.69, 9.17) is 9.47 Å². The van der Waals surface area contributed by atoms with E-state index in [0.29, 0.717) is 12.1 Å². The fraction of sp³-hybridized carbons (Fsp3) is 0.485. The number of ether oxygens (including phenoxy) is 2. The highest BCUT2D eigenvalue weighted by atomic mass is 16.6. The molecule has 0 bridgehead atoms. The maximum atomic E-state index is 14.7. The lowest BCUT2D eigenvalue weighted by molar-refractivity contribution is -0.155. The molecule has 2 fully saturated rings. The third kappa shape index (κ3) is 4.67. The molecule has 2 saturated heterocycles. The molecule has 41 heavy (non-hydrogen) atoms. The number of hydrogen-bond acceptors (Lipinski definition) is 6. The van der Waals surface area contributed by atoms with Crippen molar-refractivity contribution in [2.75, 3.05) is 24.7 Å². The monoisotopic (exact) mass is 558 g/mol. The molecule has 6 atom stereocenters. The zero-order chi connectivity index (χ0) is 28.7. The molecule has 0 radical (unpaired) electrons. The van der Waals surface area contributed by atoms with Crippen LogP contribution in [0.1, 0.15) is 39.5 Å². The molecule has 8 nitrogen and oxygen atoms in total. The number of esters is 1. The highest BCUT2D eigenvalue weighted by Gasteiger charge is 2.72. The van der Waals surface area contributed by atoms with Gasteiger partial charge in [-0.1, -0.05) is 68.5 Å². The van der Waals surface area contributed by atoms with Crippen molar-refractivity contribution in [1.82, 2.24) is 4.90 Å². The Balaban J connectivity index is 1.47. The first-order chi connectivity index (χ1) is 19.9. The van der Waals surface area contributed by atoms with Gasteiger partial charge in [-0.15, -0.1) is 0 Å². The van der Waals surface area contributed by atoms with E-state index in [9.17, 15) is 19.5 Å². The number of carbonyl (C=O) groups excluding carboxylic acids is 3. The van der Waals surface area contributed by atoms with E-state index in [1.807, 2.05) is 80.6 Å². The van der Waals surface area contributed by atoms with Gasteiger partial charge in [0.25, 0.3) is 5.91 Å². The summed E-state index contributed by atoms with van der Waals surface area (Å²) in [4.78, 5) is 45.9. The third-order valence-electron chi connectivity index (χ3n) is 8.93. The summed E-state index contributed by atoms with van der Waals surface area (Å²) in [6, 6.07) is 12.2. The van der Waals surface area contributed by atoms with Gasteiger partial charge in [0.05, 0.1) is 31.3 Å². The van der Waals surface area contributed by atoms with Crippen LogP contribution in [0.15, 0.2) is 66.8 Å². The Morgan fingerprint density at radius 2 is 1.83 bits per heavy atom. The summed E-state index contributed by atoms with van der Waals surface area (Å²) in [5.74, 6) is -2.76. The van der Waals surface area contributed by atoms with E-state index in [-0.39, 0.29) is 37.5 Å². The predicted octanol–water partition coefficient (Wildman–Crippen LogP) is 4.01. The number of amides is 2. The highest BCUT2D eigenvalue weighted by Crippen LogP contribution is 2.54. The lowest BCUT2D eigenvalue weighted by Crippen LogP contribution is -2.58. The Hall–Kier alpha value is -3.49. The Morgan fingerprint density at radius 1 is 1.02 bits per heavy atom. The van der Waals surface area contributed by atoms with Crippen LogP contribution in [0.2, 0.25) is 0 Å². The average Bonchev–Trinajstić information content (AvgIpc) is 3.36. The summed E-state index contributed by atoms with van der Waals surface area (Å²) in [6.45, 7) is 4.32. The minimum atomic E-state index is -1.36. The van der Waals surface area contributed by atoms with Crippen LogP contribution in [0.5, 0.6) is 0 Å². The average molecular weight is 559 g/mol. The Labute approximate surface area is 240 Å². The fourth-order valence-corrected chi connectivity index (χ4v) is 7.15. The number of cyclic esters (lactones) is 1. The molecule has 1 unspecified atom stereocenters. The van der Waals surface area contributed by atoms with Gasteiger partial charge in [0.1, 0.15) is 17.6 Å². The largest absolute Gasteiger partial charge is 0.465 e. The SMILES string of the molecule is CC(C)C[C@H](CO)N1C(=O)[C@@H]2[C@H]3C(=O)OCCCC/C=C\[C@H]3O[C@@]23C=CCN(c2ccc4ccccc4c2)C(=O)C13. The van der Waals surface area contributed by atoms with Gasteiger partial charge in [-0.2, -0.15) is 0 Å². The van der Waals surface area contributed by atoms with Gasteiger partial charge >= 0.3 is 5.97 Å². The Bertz CT molecular complexity index is 1400. The summed E-state index contributed by atoms with van der Waals surface area (Å²) < 4.78 is 12.4. The molecule has 4 aliphatic rings. The second-order valence-electron chi connectivity index (χ2n) is 12.0. The summed E-state index contributed by atoms with van der Waals surface area (Å²) in [6.07, 6.45) is 9.83. The Kier molecular flexibility index (Phi) is 7.47. The molecular formula is C33H38N2O6. The third-order valence-corrected chi connectivity index (χ3v) is 8.93. The van der Waals surface area contributed by atoms with Crippen molar-refractivity contribution >= 4 is 34.2 Å². The van der Waals surface area contributed by atoms with Crippen molar-refractivity contribution in [3.05, 3.63) is 66.8 Å². The minimum absolute atomic E-state index is 0.166. The number of fused-ring (bicyclic) bond motifs is 3. The lowest BCUT2D eigenvalue weighted by Gasteiger charge is -2.39. The molecule has 4 heterocycles. The molecule has 2 aromatic rings. The molecule has 6 rings (SSSR count). The van der Waals surface area contributed by atoms with Crippen molar-refractivity contribution < 1.29 is 29.0 Å². The predicted molar refractivity (Wildman–Crippen MR) is 155 cm³/mol. The molecular weight excluding hydrogens is 520 g/mol. The summed E-state index contributed by atoms with van der Waals surface area (Å²) >= 11 is 0. The van der Waals surface area contributed by atoms with Gasteiger partial charge in [-0.05, 0) is 54.5 Å². The van der Waals surface area contributed by atoms with E-state index in [0.717, 1.165) is 30.0 Å². The molecule has 1 N–H and O–H groups in total. The first kappa shape index (κ1) is 27.7. The first-order valence-electron chi connectivity index (χ1n) is 14.8. The molecule has 1 spiro atoms. The zero-order valence-corrected chi connectivity index (χ0v) is 23.6. The van der Waals surface area contributed by atoms with Gasteiger partial charge in [0.2, 0.25) is 5.91 Å². The van der Waals surface area contributed by atoms with Crippen LogP contribution >= 0.6 is 0 Å². The van der Waals surface area contributed by atoms with Crippen LogP contribution in [0.25, 0.3) is 10.8 Å². The van der Waals surface area contributed by atoms with Crippen molar-refractivity contribution in [3.8, 4) is 0 Å². The maximum Gasteiger partial charge on any atom is 0.312 e. The number of carbonyl (C=O) groups is 3. The van der Waals surface area contributed by atoms with Crippen LogP contribution in [0, 0.1) is 17.8 Å². The second-order valence-corrected chi connectivity index (χ2v) is 12.0. The lowest BCUT2D eigenvalue weighted by atomic mass is 9.78. The highest BCUT2D eigenvalue weighted by molar-refractivity contribution is 6.06. The van der Waals surface area contributed by atoms with Crippen LogP contribution in [-0.2, 0) is 23.9 Å². The molecule has 0 aromatic heterocycles. The van der Waals surface area contributed by atoms with E-state index in [1.165, 1.54) is 4.90 Å². The van der Waals surface area contributed by atoms with Crippen LogP contribution < -0.4 is 4.90 Å². The molecule has 2 amide bonds. The molecule has 216 valence electrons. The number of rotatable bonds is 5. The van der Waals surface area contributed by atoms with Crippen LogP contribution in [-0.4, -0.2) is 71.3 Å². The van der Waals surface area contributed by atoms with Crippen molar-refractivity contribution in [3.63, 3.8) is 0 Å². The number of hydrogen-bond donors (Lipinski definition) is 1. The van der Waals surface area contributed by atoms with E-state index < -0.39 is 41.6 Å². The maximum absolute atomic E-state index is 14.7. The zero-order valence-electron chi connectivity index (χ0n) is 23.6. The van der Waals surface area contributed by atoms with Crippen molar-refractivity contribution in [2.24, 2.45) is 17.8 Å². The standard InChI is InChI=1S/C33H38N2O6/c1-21(2)18-25(20-36)35-29-31(38)34(24-14-13-22-10-6-7-11-23(22)19-24)16-9-15-33(29)28(30(35)37)27-26(41-33)12-5-3-4-8-17-40-32(27)39/h5-7,9-15,19,21,25-29,36H,3-4,8,16-18,20H2,1-2H3/b12-5-/t25-,26-,27+,28+,29?,33+/m1/s1. The molecule has 8 heteroatoms. The van der Waals surface area contributed by atoms with Gasteiger partial charge in [-0.25, -0.2) is 0 Å². The number of nitrogens with zero attached hydrogens (tertiary/aromatic N) is 2. The van der Waals surface area contributed by atoms with E-state index in [2.05, 4.69) is 0 Å². The Morgan fingerprint density at radius 3 is 2.61 bits per heavy atom. The van der Waals surface area contributed by atoms with Crippen LogP contribution in [0.4, 0.5) is 5.69 Å². The van der Waals surface area contributed by atoms with Gasteiger partial charge < -0.3 is 24.4 Å². The number of aliphatic hydroxyl groups excluding tert-OH is 1. The normalized spacial score (nSPS) is 31.5. The molecule has 2 aromatic carbocycles. The number of likely N-dealkylation sites (tertiary alicyclic amines) is 1. The van der Waals surface area contributed by atoms with E-state index >= 15 is 0 Å². The summed E-state index contributed by atoms with van der Waals surface area (Å²) in [5.41, 5.74) is -0.649. The smallest absolute Gasteiger partial charge is 0.312 e. The number of aliphatic hydroxyl groups is 1. The van der Waals surface area contributed by atoms with Gasteiger partial charge in [-0.3, -0.25) is 14.4 Å². The molecule has 4 aliphatic heterocycles. The molecule has 0 aliphatic carbocycles. The van der Waals surface area contributed by atoms with Crippen molar-refractivity contribution in [1.29, 1.82) is 0 Å². The second kappa shape index (κ2) is 11.1. The first-order valence-corrected chi connectivity index (χ1v) is 14.8. The van der Waals surface area contributed by atoms with Crippen LogP contribution in [0.3, 0.4) is 0 Å². The molecule has 0 saturated carbocycles. The number of anilines is 1. The van der Waals surface area contributed by atoms with Gasteiger partial charge in [0, 0.05) is 12.2 Å². The van der Waals surface area contributed by atoms with E-state index in [1.54, 1.807) is 4.90 Å². The fourth-order valence-electron chi connectivity index (χ4n) is 7.15. The number of benzene rings is 2. The summed E-state index contributed by atoms with van der Waals surface area (Å²) in [7, 11) is 0. The number of allylic oxidation sites excluding steroid dienone is 1. The minimum Gasteiger partial charge on any atom is -0.465 e. The summed E-state index contributed by atoms with van der Waals surface area (Å²) in [5, 5.41) is 12.6. The van der Waals surface area contributed by atoms with Crippen molar-refractivity contribution in [2.45, 2.75) is 63.3 Å². The van der Waals surface area contributed by atoms with Gasteiger partial charge in [0.15, 0.2) is 0 Å².